The molecular weight excluding hydrogens is 337 g/mol. The highest BCUT2D eigenvalue weighted by atomic mass is 35.5. The lowest BCUT2D eigenvalue weighted by Gasteiger charge is -2.21. The number of hydrogen-bond donors (Lipinski definition) is 0. The Morgan fingerprint density at radius 2 is 1.57 bits per heavy atom. The van der Waals surface area contributed by atoms with Gasteiger partial charge in [0.1, 0.15) is 0 Å². The minimum Gasteiger partial charge on any atom is -0.444 e. The van der Waals surface area contributed by atoms with Gasteiger partial charge in [-0.3, -0.25) is 4.79 Å². The summed E-state index contributed by atoms with van der Waals surface area (Å²) in [5, 5.41) is 0.638. The maximum Gasteiger partial charge on any atom is 0.339 e. The highest BCUT2D eigenvalue weighted by molar-refractivity contribution is 6.35. The van der Waals surface area contributed by atoms with E-state index in [4.69, 9.17) is 27.9 Å². The fourth-order valence-electron chi connectivity index (χ4n) is 1.97. The van der Waals surface area contributed by atoms with E-state index in [2.05, 4.69) is 0 Å². The smallest absolute Gasteiger partial charge is 0.339 e. The maximum absolute atomic E-state index is 12.3. The van der Waals surface area contributed by atoms with Crippen molar-refractivity contribution in [3.8, 4) is 0 Å². The van der Waals surface area contributed by atoms with Crippen molar-refractivity contribution in [3.05, 3.63) is 69.7 Å². The summed E-state index contributed by atoms with van der Waals surface area (Å²) < 4.78 is 5.41. The number of hydrogen-bond acceptors (Lipinski definition) is 3. The molecule has 0 fully saturated rings. The molecular formula is C17H15Cl2NO3. The number of ether oxygens (including phenoxy) is 1. The fourth-order valence-corrected chi connectivity index (χ4v) is 2.50. The van der Waals surface area contributed by atoms with E-state index in [1.54, 1.807) is 38.4 Å². The minimum absolute atomic E-state index is 0.190. The molecule has 2 aromatic carbocycles. The average molecular weight is 352 g/mol. The van der Waals surface area contributed by atoms with Crippen molar-refractivity contribution < 1.29 is 14.3 Å². The summed E-state index contributed by atoms with van der Waals surface area (Å²) in [6.45, 7) is 0. The Labute approximate surface area is 144 Å². The second kappa shape index (κ2) is 7.49. The van der Waals surface area contributed by atoms with Crippen LogP contribution in [0.3, 0.4) is 0 Å². The fraction of sp³-hybridized carbons (Fsp3) is 0.176. The molecule has 2 aromatic rings. The van der Waals surface area contributed by atoms with E-state index in [0.29, 0.717) is 15.6 Å². The Bertz CT molecular complexity index is 697. The van der Waals surface area contributed by atoms with Crippen LogP contribution in [0.4, 0.5) is 0 Å². The van der Waals surface area contributed by atoms with Gasteiger partial charge in [-0.2, -0.15) is 0 Å². The zero-order chi connectivity index (χ0) is 17.0. The quantitative estimate of drug-likeness (QED) is 0.782. The summed E-state index contributed by atoms with van der Waals surface area (Å²) >= 11 is 11.8. The number of amides is 1. The molecule has 0 heterocycles. The van der Waals surface area contributed by atoms with Crippen LogP contribution < -0.4 is 0 Å². The zero-order valence-corrected chi connectivity index (χ0v) is 14.1. The Morgan fingerprint density at radius 3 is 2.09 bits per heavy atom. The Kier molecular flexibility index (Phi) is 5.64. The average Bonchev–Trinajstić information content (AvgIpc) is 2.51. The van der Waals surface area contributed by atoms with Crippen molar-refractivity contribution in [1.82, 2.24) is 4.90 Å². The SMILES string of the molecule is CN(C)C(=O)[C@@H](OC(=O)c1cc(Cl)cc(Cl)c1)c1ccccc1. The molecule has 0 aliphatic heterocycles. The van der Waals surface area contributed by atoms with Gasteiger partial charge in [0.2, 0.25) is 6.10 Å². The van der Waals surface area contributed by atoms with Crippen LogP contribution in [-0.2, 0) is 9.53 Å². The van der Waals surface area contributed by atoms with E-state index in [1.165, 1.54) is 23.1 Å². The van der Waals surface area contributed by atoms with Gasteiger partial charge < -0.3 is 9.64 Å². The van der Waals surface area contributed by atoms with E-state index in [-0.39, 0.29) is 11.5 Å². The van der Waals surface area contributed by atoms with Gasteiger partial charge in [0, 0.05) is 29.7 Å². The van der Waals surface area contributed by atoms with Gasteiger partial charge in [-0.1, -0.05) is 53.5 Å². The molecule has 0 saturated heterocycles. The summed E-state index contributed by atoms with van der Waals surface area (Å²) in [5.41, 5.74) is 0.780. The summed E-state index contributed by atoms with van der Waals surface area (Å²) in [6, 6.07) is 13.2. The zero-order valence-electron chi connectivity index (χ0n) is 12.6. The lowest BCUT2D eigenvalue weighted by molar-refractivity contribution is -0.138. The molecule has 6 heteroatoms. The molecule has 4 nitrogen and oxygen atoms in total. The van der Waals surface area contributed by atoms with Gasteiger partial charge in [-0.25, -0.2) is 4.79 Å². The molecule has 0 unspecified atom stereocenters. The standard InChI is InChI=1S/C17H15Cl2NO3/c1-20(2)16(21)15(11-6-4-3-5-7-11)23-17(22)12-8-13(18)10-14(19)9-12/h3-10,15H,1-2H3/t15-/m0/s1. The van der Waals surface area contributed by atoms with Gasteiger partial charge >= 0.3 is 5.97 Å². The normalized spacial score (nSPS) is 11.7. The predicted octanol–water partition coefficient (Wildman–Crippen LogP) is 3.98. The monoisotopic (exact) mass is 351 g/mol. The van der Waals surface area contributed by atoms with Crippen molar-refractivity contribution in [1.29, 1.82) is 0 Å². The van der Waals surface area contributed by atoms with Crippen molar-refractivity contribution in [2.45, 2.75) is 6.10 Å². The van der Waals surface area contributed by atoms with E-state index >= 15 is 0 Å². The van der Waals surface area contributed by atoms with Gasteiger partial charge in [-0.15, -0.1) is 0 Å². The van der Waals surface area contributed by atoms with Crippen LogP contribution in [0.1, 0.15) is 22.0 Å². The summed E-state index contributed by atoms with van der Waals surface area (Å²) in [5.74, 6) is -1.00. The summed E-state index contributed by atoms with van der Waals surface area (Å²) in [6.07, 6.45) is -1.03. The first-order chi connectivity index (χ1) is 10.9. The first-order valence-electron chi connectivity index (χ1n) is 6.81. The number of rotatable bonds is 4. The first-order valence-corrected chi connectivity index (χ1v) is 7.57. The highest BCUT2D eigenvalue weighted by Gasteiger charge is 2.27. The van der Waals surface area contributed by atoms with Crippen LogP contribution >= 0.6 is 23.2 Å². The molecule has 2 rings (SSSR count). The van der Waals surface area contributed by atoms with Crippen LogP contribution in [0.5, 0.6) is 0 Å². The Hall–Kier alpha value is -2.04. The number of halogens is 2. The van der Waals surface area contributed by atoms with E-state index in [9.17, 15) is 9.59 Å². The molecule has 0 aromatic heterocycles. The molecule has 0 bridgehead atoms. The molecule has 120 valence electrons. The van der Waals surface area contributed by atoms with Crippen LogP contribution in [0.25, 0.3) is 0 Å². The largest absolute Gasteiger partial charge is 0.444 e. The highest BCUT2D eigenvalue weighted by Crippen LogP contribution is 2.24. The second-order valence-electron chi connectivity index (χ2n) is 5.09. The lowest BCUT2D eigenvalue weighted by atomic mass is 10.1. The number of benzene rings is 2. The van der Waals surface area contributed by atoms with Crippen molar-refractivity contribution >= 4 is 35.1 Å². The van der Waals surface area contributed by atoms with Crippen molar-refractivity contribution in [2.75, 3.05) is 14.1 Å². The molecule has 0 spiro atoms. The maximum atomic E-state index is 12.3. The van der Waals surface area contributed by atoms with Crippen LogP contribution in [-0.4, -0.2) is 30.9 Å². The van der Waals surface area contributed by atoms with E-state index in [0.717, 1.165) is 0 Å². The molecule has 1 amide bonds. The lowest BCUT2D eigenvalue weighted by Crippen LogP contribution is -2.31. The molecule has 0 saturated carbocycles. The van der Waals surface area contributed by atoms with Gasteiger partial charge in [0.25, 0.3) is 5.91 Å². The number of esters is 1. The Balaban J connectivity index is 2.30. The Morgan fingerprint density at radius 1 is 1.00 bits per heavy atom. The predicted molar refractivity (Wildman–Crippen MR) is 89.8 cm³/mol. The van der Waals surface area contributed by atoms with Crippen molar-refractivity contribution in [2.24, 2.45) is 0 Å². The molecule has 0 N–H and O–H groups in total. The number of likely N-dealkylation sites (N-methyl/N-ethyl adjacent to an activating group) is 1. The minimum atomic E-state index is -1.03. The molecule has 23 heavy (non-hydrogen) atoms. The van der Waals surface area contributed by atoms with E-state index < -0.39 is 12.1 Å². The van der Waals surface area contributed by atoms with Crippen LogP contribution in [0.2, 0.25) is 10.0 Å². The summed E-state index contributed by atoms with van der Waals surface area (Å²) in [7, 11) is 3.20. The topological polar surface area (TPSA) is 46.6 Å². The van der Waals surface area contributed by atoms with Crippen LogP contribution in [0, 0.1) is 0 Å². The van der Waals surface area contributed by atoms with Gasteiger partial charge in [0.05, 0.1) is 5.56 Å². The molecule has 0 aliphatic rings. The van der Waals surface area contributed by atoms with Crippen LogP contribution in [0.15, 0.2) is 48.5 Å². The van der Waals surface area contributed by atoms with Crippen molar-refractivity contribution in [3.63, 3.8) is 0 Å². The van der Waals surface area contributed by atoms with Gasteiger partial charge in [0.15, 0.2) is 0 Å². The third-order valence-corrected chi connectivity index (χ3v) is 3.53. The number of carbonyl (C=O) groups is 2. The molecule has 0 aliphatic carbocycles. The summed E-state index contributed by atoms with van der Waals surface area (Å²) in [4.78, 5) is 26.1. The second-order valence-corrected chi connectivity index (χ2v) is 5.96. The first kappa shape index (κ1) is 17.3. The molecule has 0 radical (unpaired) electrons. The number of carbonyl (C=O) groups excluding carboxylic acids is 2. The number of nitrogens with zero attached hydrogens (tertiary/aromatic N) is 1. The third-order valence-electron chi connectivity index (χ3n) is 3.09. The third kappa shape index (κ3) is 4.47. The molecule has 1 atom stereocenters. The van der Waals surface area contributed by atoms with E-state index in [1.807, 2.05) is 6.07 Å². The van der Waals surface area contributed by atoms with Gasteiger partial charge in [-0.05, 0) is 18.2 Å².